The lowest BCUT2D eigenvalue weighted by atomic mass is 9.96. The topological polar surface area (TPSA) is 57.7 Å². The van der Waals surface area contributed by atoms with Gasteiger partial charge >= 0.3 is 0 Å². The Morgan fingerprint density at radius 1 is 1.10 bits per heavy atom. The van der Waals surface area contributed by atoms with E-state index < -0.39 is 10.0 Å². The van der Waals surface area contributed by atoms with Crippen LogP contribution in [0.25, 0.3) is 0 Å². The van der Waals surface area contributed by atoms with Crippen LogP contribution in [-0.4, -0.2) is 55.5 Å². The van der Waals surface area contributed by atoms with Crippen molar-refractivity contribution >= 4 is 15.9 Å². The highest BCUT2D eigenvalue weighted by Gasteiger charge is 2.31. The van der Waals surface area contributed by atoms with Gasteiger partial charge in [-0.3, -0.25) is 4.79 Å². The number of hydrogen-bond donors (Lipinski definition) is 0. The third-order valence-electron chi connectivity index (χ3n) is 3.86. The van der Waals surface area contributed by atoms with E-state index in [4.69, 9.17) is 0 Å². The average molecular weight is 304 g/mol. The molecule has 0 aromatic rings. The van der Waals surface area contributed by atoms with E-state index >= 15 is 0 Å². The first-order chi connectivity index (χ1) is 9.46. The van der Waals surface area contributed by atoms with Crippen molar-refractivity contribution in [2.45, 2.75) is 46.5 Å². The van der Waals surface area contributed by atoms with E-state index in [9.17, 15) is 13.2 Å². The van der Waals surface area contributed by atoms with Crippen LogP contribution in [-0.2, 0) is 14.8 Å². The molecule has 0 N–H and O–H groups in total. The van der Waals surface area contributed by atoms with Crippen LogP contribution in [0, 0.1) is 5.92 Å². The van der Waals surface area contributed by atoms with E-state index in [0.717, 1.165) is 25.9 Å². The van der Waals surface area contributed by atoms with Gasteiger partial charge < -0.3 is 4.90 Å². The molecule has 0 aromatic carbocycles. The molecule has 1 amide bonds. The first-order valence-corrected chi connectivity index (χ1v) is 9.33. The van der Waals surface area contributed by atoms with Gasteiger partial charge in [0.2, 0.25) is 15.9 Å². The number of nitrogens with zero attached hydrogens (tertiary/aromatic N) is 2. The highest BCUT2D eigenvalue weighted by atomic mass is 32.2. The molecule has 0 aliphatic carbocycles. The Morgan fingerprint density at radius 3 is 2.00 bits per heavy atom. The summed E-state index contributed by atoms with van der Waals surface area (Å²) in [5.74, 6) is 0.349. The lowest BCUT2D eigenvalue weighted by molar-refractivity contribution is -0.136. The predicted octanol–water partition coefficient (Wildman–Crippen LogP) is 1.70. The van der Waals surface area contributed by atoms with Gasteiger partial charge in [-0.25, -0.2) is 12.7 Å². The molecule has 1 fully saturated rings. The van der Waals surface area contributed by atoms with Crippen LogP contribution in [0.15, 0.2) is 0 Å². The largest absolute Gasteiger partial charge is 0.342 e. The van der Waals surface area contributed by atoms with Gasteiger partial charge in [-0.05, 0) is 32.6 Å². The molecule has 0 unspecified atom stereocenters. The molecule has 1 aliphatic rings. The summed E-state index contributed by atoms with van der Waals surface area (Å²) in [5, 5.41) is 0. The van der Waals surface area contributed by atoms with Gasteiger partial charge in [-0.1, -0.05) is 13.8 Å². The first-order valence-electron chi connectivity index (χ1n) is 7.72. The minimum Gasteiger partial charge on any atom is -0.342 e. The molecule has 1 saturated heterocycles. The van der Waals surface area contributed by atoms with E-state index in [1.54, 1.807) is 6.92 Å². The molecule has 5 nitrogen and oxygen atoms in total. The Hall–Kier alpha value is -0.620. The predicted molar refractivity (Wildman–Crippen MR) is 80.9 cm³/mol. The first kappa shape index (κ1) is 17.4. The molecule has 0 bridgehead atoms. The van der Waals surface area contributed by atoms with Gasteiger partial charge in [0.15, 0.2) is 0 Å². The lowest BCUT2D eigenvalue weighted by Gasteiger charge is -2.33. The standard InChI is InChI=1S/C14H28N2O3S/c1-4-9-15(10-5-2)14(17)13-7-11-16(12-8-13)20(18,19)6-3/h13H,4-12H2,1-3H3. The summed E-state index contributed by atoms with van der Waals surface area (Å²) in [6.45, 7) is 8.40. The fourth-order valence-electron chi connectivity index (χ4n) is 2.69. The van der Waals surface area contributed by atoms with Gasteiger partial charge in [0.25, 0.3) is 0 Å². The number of carbonyl (C=O) groups excluding carboxylic acids is 1. The fourth-order valence-corrected chi connectivity index (χ4v) is 3.83. The second-order valence-electron chi connectivity index (χ2n) is 5.40. The molecule has 0 atom stereocenters. The summed E-state index contributed by atoms with van der Waals surface area (Å²) >= 11 is 0. The molecule has 1 heterocycles. The van der Waals surface area contributed by atoms with Gasteiger partial charge in [0, 0.05) is 32.1 Å². The van der Waals surface area contributed by atoms with Crippen LogP contribution in [0.1, 0.15) is 46.5 Å². The Balaban J connectivity index is 2.57. The zero-order valence-electron chi connectivity index (χ0n) is 13.0. The number of amides is 1. The van der Waals surface area contributed by atoms with Crippen LogP contribution in [0.3, 0.4) is 0 Å². The van der Waals surface area contributed by atoms with Crippen molar-refractivity contribution in [2.75, 3.05) is 31.9 Å². The number of hydrogen-bond acceptors (Lipinski definition) is 3. The molecule has 6 heteroatoms. The van der Waals surface area contributed by atoms with E-state index in [0.29, 0.717) is 25.9 Å². The molecular formula is C14H28N2O3S. The summed E-state index contributed by atoms with van der Waals surface area (Å²) < 4.78 is 25.1. The van der Waals surface area contributed by atoms with Crippen molar-refractivity contribution in [3.8, 4) is 0 Å². The molecule has 20 heavy (non-hydrogen) atoms. The number of carbonyl (C=O) groups is 1. The number of piperidine rings is 1. The van der Waals surface area contributed by atoms with Crippen LogP contribution in [0.5, 0.6) is 0 Å². The lowest BCUT2D eigenvalue weighted by Crippen LogP contribution is -2.45. The molecular weight excluding hydrogens is 276 g/mol. The van der Waals surface area contributed by atoms with Crippen LogP contribution in [0.4, 0.5) is 0 Å². The van der Waals surface area contributed by atoms with E-state index in [-0.39, 0.29) is 17.6 Å². The Morgan fingerprint density at radius 2 is 1.60 bits per heavy atom. The molecule has 1 aliphatic heterocycles. The SMILES string of the molecule is CCCN(CCC)C(=O)C1CCN(S(=O)(=O)CC)CC1. The van der Waals surface area contributed by atoms with Crippen LogP contribution >= 0.6 is 0 Å². The summed E-state index contributed by atoms with van der Waals surface area (Å²) in [6.07, 6.45) is 3.24. The average Bonchev–Trinajstić information content (AvgIpc) is 2.46. The van der Waals surface area contributed by atoms with Gasteiger partial charge in [-0.15, -0.1) is 0 Å². The maximum atomic E-state index is 12.5. The second kappa shape index (κ2) is 7.98. The third-order valence-corrected chi connectivity index (χ3v) is 5.74. The van der Waals surface area contributed by atoms with Gasteiger partial charge in [-0.2, -0.15) is 0 Å². The van der Waals surface area contributed by atoms with Gasteiger partial charge in [0.05, 0.1) is 5.75 Å². The summed E-state index contributed by atoms with van der Waals surface area (Å²) in [7, 11) is -3.10. The van der Waals surface area contributed by atoms with E-state index in [1.165, 1.54) is 4.31 Å². The van der Waals surface area contributed by atoms with E-state index in [1.807, 2.05) is 4.90 Å². The van der Waals surface area contributed by atoms with Crippen molar-refractivity contribution in [1.82, 2.24) is 9.21 Å². The van der Waals surface area contributed by atoms with Crippen molar-refractivity contribution < 1.29 is 13.2 Å². The summed E-state index contributed by atoms with van der Waals surface area (Å²) in [4.78, 5) is 14.4. The van der Waals surface area contributed by atoms with Crippen molar-refractivity contribution in [1.29, 1.82) is 0 Å². The number of rotatable bonds is 7. The second-order valence-corrected chi connectivity index (χ2v) is 7.66. The maximum Gasteiger partial charge on any atom is 0.225 e. The zero-order chi connectivity index (χ0) is 15.2. The molecule has 0 saturated carbocycles. The van der Waals surface area contributed by atoms with Crippen molar-refractivity contribution in [3.05, 3.63) is 0 Å². The third kappa shape index (κ3) is 4.45. The Labute approximate surface area is 123 Å². The molecule has 0 aromatic heterocycles. The quantitative estimate of drug-likeness (QED) is 0.719. The van der Waals surface area contributed by atoms with Crippen LogP contribution < -0.4 is 0 Å². The molecule has 0 spiro atoms. The Kier molecular flexibility index (Phi) is 6.95. The van der Waals surface area contributed by atoms with Crippen LogP contribution in [0.2, 0.25) is 0 Å². The molecule has 118 valence electrons. The highest BCUT2D eigenvalue weighted by molar-refractivity contribution is 7.89. The van der Waals surface area contributed by atoms with Crippen molar-refractivity contribution in [2.24, 2.45) is 5.92 Å². The Bertz CT molecular complexity index is 395. The summed E-state index contributed by atoms with van der Waals surface area (Å²) in [5.41, 5.74) is 0. The fraction of sp³-hybridized carbons (Fsp3) is 0.929. The maximum absolute atomic E-state index is 12.5. The molecule has 1 rings (SSSR count). The zero-order valence-corrected chi connectivity index (χ0v) is 13.8. The minimum absolute atomic E-state index is 0.00333. The monoisotopic (exact) mass is 304 g/mol. The van der Waals surface area contributed by atoms with Crippen molar-refractivity contribution in [3.63, 3.8) is 0 Å². The van der Waals surface area contributed by atoms with E-state index in [2.05, 4.69) is 13.8 Å². The molecule has 0 radical (unpaired) electrons. The summed E-state index contributed by atoms with van der Waals surface area (Å²) in [6, 6.07) is 0. The van der Waals surface area contributed by atoms with Gasteiger partial charge in [0.1, 0.15) is 0 Å². The highest BCUT2D eigenvalue weighted by Crippen LogP contribution is 2.22. The number of sulfonamides is 1. The minimum atomic E-state index is -3.10. The normalized spacial score (nSPS) is 18.1. The smallest absolute Gasteiger partial charge is 0.225 e.